The van der Waals surface area contributed by atoms with Crippen molar-refractivity contribution in [2.24, 2.45) is 15.7 Å². The van der Waals surface area contributed by atoms with Crippen LogP contribution in [-0.2, 0) is 0 Å². The van der Waals surface area contributed by atoms with Gasteiger partial charge in [0.1, 0.15) is 0 Å². The minimum Gasteiger partial charge on any atom is -0.370 e. The number of allylic oxidation sites excluding steroid dienone is 1. The van der Waals surface area contributed by atoms with Crippen LogP contribution in [0.15, 0.2) is 58.5 Å². The van der Waals surface area contributed by atoms with E-state index in [9.17, 15) is 4.79 Å². The topological polar surface area (TPSA) is 83.1 Å². The first kappa shape index (κ1) is 19.9. The molecule has 0 saturated heterocycles. The lowest BCUT2D eigenvalue weighted by Gasteiger charge is -2.23. The molecule has 3 rings (SSSR count). The highest BCUT2D eigenvalue weighted by Gasteiger charge is 2.17. The highest BCUT2D eigenvalue weighted by Crippen LogP contribution is 2.23. The minimum absolute atomic E-state index is 0.193. The summed E-state index contributed by atoms with van der Waals surface area (Å²) < 4.78 is 0. The highest BCUT2D eigenvalue weighted by atomic mass is 35.5. The zero-order chi connectivity index (χ0) is 20.3. The van der Waals surface area contributed by atoms with Crippen molar-refractivity contribution < 1.29 is 4.79 Å². The van der Waals surface area contributed by atoms with Gasteiger partial charge in [-0.2, -0.15) is 0 Å². The third kappa shape index (κ3) is 4.71. The Labute approximate surface area is 173 Å². The molecule has 144 valence electrons. The number of hydrogen-bond acceptors (Lipinski definition) is 6. The highest BCUT2D eigenvalue weighted by molar-refractivity contribution is 6.37. The van der Waals surface area contributed by atoms with Gasteiger partial charge in [0.2, 0.25) is 5.96 Å². The van der Waals surface area contributed by atoms with Crippen molar-refractivity contribution in [2.75, 3.05) is 14.1 Å². The number of guanidine groups is 2. The average molecular weight is 416 g/mol. The molecule has 0 aliphatic carbocycles. The lowest BCUT2D eigenvalue weighted by Crippen LogP contribution is -2.46. The molecule has 2 aromatic carbocycles. The Kier molecular flexibility index (Phi) is 6.02. The summed E-state index contributed by atoms with van der Waals surface area (Å²) in [5, 5.41) is 3.73. The fourth-order valence-electron chi connectivity index (χ4n) is 2.56. The number of nitrogens with zero attached hydrogens (tertiary/aromatic N) is 3. The van der Waals surface area contributed by atoms with E-state index in [0.717, 1.165) is 11.1 Å². The van der Waals surface area contributed by atoms with Crippen molar-refractivity contribution in [1.82, 2.24) is 10.2 Å². The molecule has 0 bridgehead atoms. The summed E-state index contributed by atoms with van der Waals surface area (Å²) in [6.07, 6.45) is 2.80. The van der Waals surface area contributed by atoms with Crippen LogP contribution in [0.4, 0.5) is 0 Å². The zero-order valence-electron chi connectivity index (χ0n) is 15.4. The zero-order valence-corrected chi connectivity index (χ0v) is 16.9. The fraction of sp³-hybridized carbons (Fsp3) is 0.150. The van der Waals surface area contributed by atoms with Crippen LogP contribution >= 0.6 is 23.2 Å². The second-order valence-corrected chi connectivity index (χ2v) is 7.19. The SMILES string of the molecule is CN(C)C1=NC(c2ccc(/C=C/C(=O)c3ccc(Cl)cc3Cl)cc2)N=C(N)N1. The van der Waals surface area contributed by atoms with E-state index >= 15 is 0 Å². The first-order valence-electron chi connectivity index (χ1n) is 8.46. The molecule has 0 fully saturated rings. The number of nitrogens with two attached hydrogens (primary N) is 1. The number of halogens is 2. The van der Waals surface area contributed by atoms with E-state index in [-0.39, 0.29) is 5.78 Å². The van der Waals surface area contributed by atoms with Gasteiger partial charge >= 0.3 is 0 Å². The number of carbonyl (C=O) groups excluding carboxylic acids is 1. The molecule has 1 atom stereocenters. The van der Waals surface area contributed by atoms with Gasteiger partial charge in [0.15, 0.2) is 17.9 Å². The third-order valence-electron chi connectivity index (χ3n) is 4.03. The minimum atomic E-state index is -0.411. The molecule has 0 amide bonds. The van der Waals surface area contributed by atoms with E-state index in [1.807, 2.05) is 43.3 Å². The monoisotopic (exact) mass is 415 g/mol. The van der Waals surface area contributed by atoms with E-state index in [1.165, 1.54) is 6.08 Å². The molecule has 6 nitrogen and oxygen atoms in total. The maximum Gasteiger partial charge on any atom is 0.202 e. The van der Waals surface area contributed by atoms with Crippen LogP contribution < -0.4 is 11.1 Å². The van der Waals surface area contributed by atoms with Gasteiger partial charge in [0.25, 0.3) is 0 Å². The second kappa shape index (κ2) is 8.46. The van der Waals surface area contributed by atoms with E-state index in [4.69, 9.17) is 28.9 Å². The van der Waals surface area contributed by atoms with Gasteiger partial charge in [-0.05, 0) is 35.4 Å². The number of aliphatic imine (C=N–C) groups is 2. The summed E-state index contributed by atoms with van der Waals surface area (Å²) >= 11 is 11.9. The van der Waals surface area contributed by atoms with Gasteiger partial charge in [-0.15, -0.1) is 0 Å². The molecule has 1 aliphatic heterocycles. The summed E-state index contributed by atoms with van der Waals surface area (Å²) in [5.74, 6) is 0.770. The van der Waals surface area contributed by atoms with E-state index in [1.54, 1.807) is 24.3 Å². The number of carbonyl (C=O) groups is 1. The quantitative estimate of drug-likeness (QED) is 0.588. The van der Waals surface area contributed by atoms with Crippen LogP contribution in [0.25, 0.3) is 6.08 Å². The van der Waals surface area contributed by atoms with Crippen LogP contribution in [0.2, 0.25) is 10.0 Å². The van der Waals surface area contributed by atoms with E-state index in [0.29, 0.717) is 27.5 Å². The summed E-state index contributed by atoms with van der Waals surface area (Å²) in [7, 11) is 3.75. The van der Waals surface area contributed by atoms with Gasteiger partial charge in [-0.25, -0.2) is 9.98 Å². The summed E-state index contributed by atoms with van der Waals surface area (Å²) in [6, 6.07) is 12.4. The Hall–Kier alpha value is -2.83. The summed E-state index contributed by atoms with van der Waals surface area (Å²) in [4.78, 5) is 23.0. The van der Waals surface area contributed by atoms with Gasteiger partial charge in [-0.3, -0.25) is 10.1 Å². The smallest absolute Gasteiger partial charge is 0.202 e. The molecule has 0 aromatic heterocycles. The molecule has 3 N–H and O–H groups in total. The number of hydrogen-bond donors (Lipinski definition) is 2. The largest absolute Gasteiger partial charge is 0.370 e. The van der Waals surface area contributed by atoms with Gasteiger partial charge in [0, 0.05) is 24.7 Å². The molecule has 1 heterocycles. The van der Waals surface area contributed by atoms with Crippen LogP contribution in [0.5, 0.6) is 0 Å². The lowest BCUT2D eigenvalue weighted by atomic mass is 10.1. The van der Waals surface area contributed by atoms with Crippen molar-refractivity contribution in [3.8, 4) is 0 Å². The molecular weight excluding hydrogens is 397 g/mol. The van der Waals surface area contributed by atoms with Gasteiger partial charge in [0.05, 0.1) is 5.02 Å². The van der Waals surface area contributed by atoms with Crippen LogP contribution in [0.3, 0.4) is 0 Å². The standard InChI is InChI=1S/C20H19Cl2N5O/c1-27(2)20-25-18(24-19(23)26-20)13-6-3-12(4-7-13)5-10-17(28)15-9-8-14(21)11-16(15)22/h3-11,18H,1-2H3,(H3,23,24,25,26)/b10-5+. The Morgan fingerprint density at radius 2 is 1.86 bits per heavy atom. The number of ketones is 1. The first-order chi connectivity index (χ1) is 13.3. The molecule has 2 aromatic rings. The second-order valence-electron chi connectivity index (χ2n) is 6.35. The van der Waals surface area contributed by atoms with E-state index in [2.05, 4.69) is 15.3 Å². The number of nitrogens with one attached hydrogen (secondary N) is 1. The normalized spacial score (nSPS) is 16.4. The van der Waals surface area contributed by atoms with Crippen molar-refractivity contribution in [3.05, 3.63) is 75.3 Å². The maximum absolute atomic E-state index is 12.3. The maximum atomic E-state index is 12.3. The lowest BCUT2D eigenvalue weighted by molar-refractivity contribution is 0.104. The van der Waals surface area contributed by atoms with Crippen molar-refractivity contribution in [2.45, 2.75) is 6.17 Å². The van der Waals surface area contributed by atoms with Crippen LogP contribution in [-0.4, -0.2) is 36.7 Å². The van der Waals surface area contributed by atoms with Gasteiger partial charge in [-0.1, -0.05) is 53.5 Å². The molecule has 0 saturated carbocycles. The molecular formula is C20H19Cl2N5O. The first-order valence-corrected chi connectivity index (χ1v) is 9.22. The average Bonchev–Trinajstić information content (AvgIpc) is 2.66. The predicted molar refractivity (Wildman–Crippen MR) is 115 cm³/mol. The number of benzene rings is 2. The number of rotatable bonds is 4. The Morgan fingerprint density at radius 3 is 2.50 bits per heavy atom. The molecule has 1 unspecified atom stereocenters. The molecule has 8 heteroatoms. The molecule has 0 spiro atoms. The Bertz CT molecular complexity index is 981. The molecule has 1 aliphatic rings. The van der Waals surface area contributed by atoms with E-state index < -0.39 is 6.17 Å². The summed E-state index contributed by atoms with van der Waals surface area (Å²) in [6.45, 7) is 0. The third-order valence-corrected chi connectivity index (χ3v) is 4.58. The fourth-order valence-corrected chi connectivity index (χ4v) is 3.06. The summed E-state index contributed by atoms with van der Waals surface area (Å²) in [5.41, 5.74) is 8.01. The van der Waals surface area contributed by atoms with Crippen LogP contribution in [0, 0.1) is 0 Å². The molecule has 28 heavy (non-hydrogen) atoms. The van der Waals surface area contributed by atoms with Crippen molar-refractivity contribution >= 4 is 47.0 Å². The Morgan fingerprint density at radius 1 is 1.14 bits per heavy atom. The van der Waals surface area contributed by atoms with Crippen molar-refractivity contribution in [1.29, 1.82) is 0 Å². The van der Waals surface area contributed by atoms with Gasteiger partial charge < -0.3 is 10.6 Å². The van der Waals surface area contributed by atoms with Crippen LogP contribution in [0.1, 0.15) is 27.7 Å². The Balaban J connectivity index is 1.75. The van der Waals surface area contributed by atoms with Crippen molar-refractivity contribution in [3.63, 3.8) is 0 Å². The molecule has 0 radical (unpaired) electrons. The predicted octanol–water partition coefficient (Wildman–Crippen LogP) is 3.72.